The predicted octanol–water partition coefficient (Wildman–Crippen LogP) is 3.15. The van der Waals surface area contributed by atoms with Crippen LogP contribution < -0.4 is 10.6 Å². The van der Waals surface area contributed by atoms with Gasteiger partial charge in [-0.1, -0.05) is 30.8 Å². The molecule has 30 heavy (non-hydrogen) atoms. The number of aromatic nitrogens is 4. The van der Waals surface area contributed by atoms with Gasteiger partial charge >= 0.3 is 0 Å². The Kier molecular flexibility index (Phi) is 8.35. The molecule has 0 unspecified atom stereocenters. The molecule has 3 aromatic rings. The number of carbonyl (C=O) groups excluding carboxylic acids is 1. The third-order valence-corrected chi connectivity index (χ3v) is 5.80. The molecule has 0 aliphatic carbocycles. The van der Waals surface area contributed by atoms with E-state index in [1.165, 1.54) is 11.8 Å². The molecule has 0 radical (unpaired) electrons. The van der Waals surface area contributed by atoms with Crippen molar-refractivity contribution in [1.29, 1.82) is 0 Å². The summed E-state index contributed by atoms with van der Waals surface area (Å²) in [6.07, 6.45) is 3.69. The van der Waals surface area contributed by atoms with Crippen LogP contribution in [-0.4, -0.2) is 64.5 Å². The van der Waals surface area contributed by atoms with Gasteiger partial charge in [-0.15, -0.1) is 11.8 Å². The van der Waals surface area contributed by atoms with Crippen molar-refractivity contribution in [2.45, 2.75) is 23.5 Å². The summed E-state index contributed by atoms with van der Waals surface area (Å²) in [6.45, 7) is 4.27. The number of thioether (sulfide) groups is 2. The lowest BCUT2D eigenvalue weighted by Gasteiger charge is -2.10. The van der Waals surface area contributed by atoms with E-state index in [-0.39, 0.29) is 5.91 Å². The lowest BCUT2D eigenvalue weighted by atomic mass is 10.2. The van der Waals surface area contributed by atoms with Crippen LogP contribution in [0.5, 0.6) is 0 Å². The van der Waals surface area contributed by atoms with E-state index in [1.54, 1.807) is 29.8 Å². The van der Waals surface area contributed by atoms with Crippen LogP contribution in [0.4, 0.5) is 5.82 Å². The number of hydrogen-bond donors (Lipinski definition) is 2. The van der Waals surface area contributed by atoms with Crippen LogP contribution in [0.1, 0.15) is 17.3 Å². The molecule has 10 heteroatoms. The van der Waals surface area contributed by atoms with Crippen LogP contribution in [0.25, 0.3) is 11.0 Å². The molecule has 3 rings (SSSR count). The summed E-state index contributed by atoms with van der Waals surface area (Å²) < 4.78 is 6.90. The topological polar surface area (TPSA) is 94.0 Å². The van der Waals surface area contributed by atoms with E-state index < -0.39 is 0 Å². The number of nitrogens with zero attached hydrogens (tertiary/aromatic N) is 4. The van der Waals surface area contributed by atoms with Gasteiger partial charge in [0, 0.05) is 25.1 Å². The molecule has 0 bridgehead atoms. The van der Waals surface area contributed by atoms with Crippen molar-refractivity contribution in [3.8, 4) is 0 Å². The molecule has 0 aliphatic heterocycles. The van der Waals surface area contributed by atoms with Gasteiger partial charge < -0.3 is 15.4 Å². The largest absolute Gasteiger partial charge is 0.383 e. The molecule has 160 valence electrons. The Hall–Kier alpha value is -2.30. The molecule has 0 aliphatic rings. The van der Waals surface area contributed by atoms with Gasteiger partial charge in [-0.25, -0.2) is 14.6 Å². The number of nitrogens with one attached hydrogen (secondary N) is 2. The van der Waals surface area contributed by atoms with E-state index in [4.69, 9.17) is 4.74 Å². The number of rotatable bonds is 11. The average Bonchev–Trinajstić information content (AvgIpc) is 3.17. The summed E-state index contributed by atoms with van der Waals surface area (Å²) in [7, 11) is 1.66. The van der Waals surface area contributed by atoms with Gasteiger partial charge in [-0.3, -0.25) is 4.79 Å². The summed E-state index contributed by atoms with van der Waals surface area (Å²) in [5.74, 6) is 1.58. The van der Waals surface area contributed by atoms with Crippen LogP contribution >= 0.6 is 23.5 Å². The summed E-state index contributed by atoms with van der Waals surface area (Å²) in [5.41, 5.74) is 1.44. The Morgan fingerprint density at radius 2 is 2.07 bits per heavy atom. The zero-order valence-corrected chi connectivity index (χ0v) is 19.0. The molecule has 2 aromatic heterocycles. The molecule has 1 aromatic carbocycles. The number of carbonyl (C=O) groups is 1. The fourth-order valence-corrected chi connectivity index (χ4v) is 4.07. The van der Waals surface area contributed by atoms with Gasteiger partial charge in [0.1, 0.15) is 5.82 Å². The number of amides is 1. The van der Waals surface area contributed by atoms with Gasteiger partial charge in [0.15, 0.2) is 10.8 Å². The van der Waals surface area contributed by atoms with Crippen LogP contribution in [0.2, 0.25) is 0 Å². The molecule has 0 saturated carbocycles. The minimum absolute atomic E-state index is 0.0793. The average molecular weight is 447 g/mol. The van der Waals surface area contributed by atoms with Crippen molar-refractivity contribution in [3.05, 3.63) is 36.0 Å². The third-order valence-electron chi connectivity index (χ3n) is 4.30. The fraction of sp³-hybridized carbons (Fsp3) is 0.400. The highest BCUT2D eigenvalue weighted by molar-refractivity contribution is 7.99. The molecule has 2 heterocycles. The van der Waals surface area contributed by atoms with Gasteiger partial charge in [0.2, 0.25) is 0 Å². The summed E-state index contributed by atoms with van der Waals surface area (Å²) in [6, 6.07) is 7.66. The van der Waals surface area contributed by atoms with E-state index in [0.29, 0.717) is 37.0 Å². The first-order valence-electron chi connectivity index (χ1n) is 9.68. The Balaban J connectivity index is 1.70. The van der Waals surface area contributed by atoms with Gasteiger partial charge in [-0.2, -0.15) is 5.10 Å². The normalized spacial score (nSPS) is 11.0. The molecule has 2 N–H and O–H groups in total. The van der Waals surface area contributed by atoms with Crippen molar-refractivity contribution < 1.29 is 9.53 Å². The number of ether oxygens (including phenoxy) is 1. The van der Waals surface area contributed by atoms with Crippen LogP contribution in [-0.2, 0) is 11.3 Å². The molecule has 0 atom stereocenters. The Labute approximate surface area is 184 Å². The molecule has 1 amide bonds. The van der Waals surface area contributed by atoms with Crippen LogP contribution in [0.15, 0.2) is 40.5 Å². The minimum atomic E-state index is -0.0793. The second kappa shape index (κ2) is 11.2. The molecular weight excluding hydrogens is 420 g/mol. The highest BCUT2D eigenvalue weighted by Gasteiger charge is 2.14. The van der Waals surface area contributed by atoms with E-state index in [1.807, 2.05) is 30.5 Å². The van der Waals surface area contributed by atoms with E-state index in [0.717, 1.165) is 27.5 Å². The SMILES string of the molecule is CCSc1ccccc1C(=O)NCCn1ncc2c(NCCOC)nc(SC)nc21. The monoisotopic (exact) mass is 446 g/mol. The third kappa shape index (κ3) is 5.44. The molecule has 0 fully saturated rings. The van der Waals surface area contributed by atoms with Crippen molar-refractivity contribution in [1.82, 2.24) is 25.1 Å². The summed E-state index contributed by atoms with van der Waals surface area (Å²) >= 11 is 3.14. The molecule has 0 spiro atoms. The quantitative estimate of drug-likeness (QED) is 0.264. The first kappa shape index (κ1) is 22.4. The lowest BCUT2D eigenvalue weighted by molar-refractivity contribution is 0.0949. The number of hydrogen-bond acceptors (Lipinski definition) is 8. The zero-order valence-electron chi connectivity index (χ0n) is 17.3. The van der Waals surface area contributed by atoms with E-state index in [2.05, 4.69) is 32.6 Å². The molecular formula is C20H26N6O2S2. The maximum atomic E-state index is 12.6. The second-order valence-corrected chi connectivity index (χ2v) is 8.35. The smallest absolute Gasteiger partial charge is 0.252 e. The standard InChI is InChI=1S/C20H26N6O2S2/c1-4-30-16-8-6-5-7-14(16)19(27)22-9-11-26-18-15(13-23-26)17(21-10-12-28-2)24-20(25-18)29-3/h5-8,13H,4,9-12H2,1-3H3,(H,22,27)(H,21,24,25). The van der Waals surface area contributed by atoms with Crippen molar-refractivity contribution in [2.75, 3.05) is 44.1 Å². The maximum Gasteiger partial charge on any atom is 0.252 e. The minimum Gasteiger partial charge on any atom is -0.383 e. The van der Waals surface area contributed by atoms with E-state index >= 15 is 0 Å². The van der Waals surface area contributed by atoms with Crippen LogP contribution in [0.3, 0.4) is 0 Å². The number of anilines is 1. The highest BCUT2D eigenvalue weighted by atomic mass is 32.2. The second-order valence-electron chi connectivity index (χ2n) is 6.27. The first-order chi connectivity index (χ1) is 14.7. The summed E-state index contributed by atoms with van der Waals surface area (Å²) in [4.78, 5) is 22.8. The number of fused-ring (bicyclic) bond motifs is 1. The Bertz CT molecular complexity index is 995. The fourth-order valence-electron chi connectivity index (χ4n) is 2.90. The Morgan fingerprint density at radius 3 is 2.83 bits per heavy atom. The van der Waals surface area contributed by atoms with Gasteiger partial charge in [0.05, 0.1) is 30.3 Å². The molecule has 0 saturated heterocycles. The maximum absolute atomic E-state index is 12.6. The molecule has 8 nitrogen and oxygen atoms in total. The van der Waals surface area contributed by atoms with Crippen molar-refractivity contribution in [2.24, 2.45) is 0 Å². The summed E-state index contributed by atoms with van der Waals surface area (Å²) in [5, 5.41) is 12.2. The van der Waals surface area contributed by atoms with Crippen molar-refractivity contribution in [3.63, 3.8) is 0 Å². The van der Waals surface area contributed by atoms with Crippen LogP contribution in [0, 0.1) is 0 Å². The predicted molar refractivity (Wildman–Crippen MR) is 123 cm³/mol. The van der Waals surface area contributed by atoms with Crippen molar-refractivity contribution >= 4 is 46.3 Å². The van der Waals surface area contributed by atoms with Gasteiger partial charge in [0.25, 0.3) is 5.91 Å². The number of benzene rings is 1. The van der Waals surface area contributed by atoms with E-state index in [9.17, 15) is 4.79 Å². The first-order valence-corrected chi connectivity index (χ1v) is 11.9. The number of methoxy groups -OCH3 is 1. The highest BCUT2D eigenvalue weighted by Crippen LogP contribution is 2.24. The lowest BCUT2D eigenvalue weighted by Crippen LogP contribution is -2.28. The Morgan fingerprint density at radius 1 is 1.23 bits per heavy atom. The zero-order chi connectivity index (χ0) is 21.3. The van der Waals surface area contributed by atoms with Gasteiger partial charge in [-0.05, 0) is 24.1 Å².